The molecule has 1 aromatic carbocycles. The van der Waals surface area contributed by atoms with Crippen molar-refractivity contribution >= 4 is 22.9 Å². The molecule has 2 aromatic rings. The molecule has 1 aliphatic heterocycles. The van der Waals surface area contributed by atoms with Gasteiger partial charge in [0.15, 0.2) is 11.4 Å². The molecule has 1 aliphatic rings. The van der Waals surface area contributed by atoms with Crippen molar-refractivity contribution in [2.24, 2.45) is 0 Å². The highest BCUT2D eigenvalue weighted by Gasteiger charge is 2.32. The number of halogens is 1. The van der Waals surface area contributed by atoms with E-state index < -0.39 is 23.5 Å². The zero-order valence-electron chi connectivity index (χ0n) is 12.2. The van der Waals surface area contributed by atoms with Gasteiger partial charge in [0.2, 0.25) is 11.8 Å². The molecule has 1 aromatic heterocycles. The Morgan fingerprint density at radius 1 is 1.32 bits per heavy atom. The first kappa shape index (κ1) is 14.5. The summed E-state index contributed by atoms with van der Waals surface area (Å²) in [4.78, 5) is 35.2. The standard InChI is InChI=1S/C15H15FN2O4/c1-7(2)8-3-4-9-13(12(8)16)22-15(21)18(9)10-5-6-11(19)17-14(10)20/h3-4,7,10H,5-6H2,1-2H3,(H,17,19,20). The van der Waals surface area contributed by atoms with Crippen LogP contribution in [-0.4, -0.2) is 16.4 Å². The smallest absolute Gasteiger partial charge is 0.405 e. The van der Waals surface area contributed by atoms with Gasteiger partial charge in [-0.25, -0.2) is 9.18 Å². The summed E-state index contributed by atoms with van der Waals surface area (Å²) in [5.41, 5.74) is 0.513. The molecule has 1 saturated heterocycles. The Balaban J connectivity index is 2.17. The predicted octanol–water partition coefficient (Wildman–Crippen LogP) is 1.83. The van der Waals surface area contributed by atoms with Gasteiger partial charge in [0.1, 0.15) is 6.04 Å². The Morgan fingerprint density at radius 2 is 2.05 bits per heavy atom. The topological polar surface area (TPSA) is 81.3 Å². The molecule has 2 heterocycles. The average Bonchev–Trinajstić information content (AvgIpc) is 2.76. The largest absolute Gasteiger partial charge is 0.420 e. The van der Waals surface area contributed by atoms with Gasteiger partial charge < -0.3 is 4.42 Å². The van der Waals surface area contributed by atoms with Crippen LogP contribution in [0.2, 0.25) is 0 Å². The molecule has 116 valence electrons. The minimum atomic E-state index is -0.865. The van der Waals surface area contributed by atoms with Crippen molar-refractivity contribution < 1.29 is 18.4 Å². The summed E-state index contributed by atoms with van der Waals surface area (Å²) in [6, 6.07) is 2.29. The third-order valence-electron chi connectivity index (χ3n) is 3.90. The molecular formula is C15H15FN2O4. The van der Waals surface area contributed by atoms with Gasteiger partial charge in [-0.3, -0.25) is 19.5 Å². The molecule has 0 bridgehead atoms. The number of piperidine rings is 1. The zero-order valence-corrected chi connectivity index (χ0v) is 12.2. The van der Waals surface area contributed by atoms with E-state index in [-0.39, 0.29) is 35.8 Å². The van der Waals surface area contributed by atoms with Gasteiger partial charge in [-0.1, -0.05) is 19.9 Å². The Bertz CT molecular complexity index is 834. The maximum atomic E-state index is 14.4. The quantitative estimate of drug-likeness (QED) is 0.858. The summed E-state index contributed by atoms with van der Waals surface area (Å²) in [5.74, 6) is -2.40. The number of nitrogens with zero attached hydrogens (tertiary/aromatic N) is 1. The summed E-state index contributed by atoms with van der Waals surface area (Å²) < 4.78 is 20.6. The zero-order chi connectivity index (χ0) is 16.0. The third-order valence-corrected chi connectivity index (χ3v) is 3.90. The van der Waals surface area contributed by atoms with Gasteiger partial charge >= 0.3 is 5.76 Å². The van der Waals surface area contributed by atoms with Crippen molar-refractivity contribution in [2.75, 3.05) is 0 Å². The Morgan fingerprint density at radius 3 is 2.68 bits per heavy atom. The number of carbonyl (C=O) groups excluding carboxylic acids is 2. The fourth-order valence-corrected chi connectivity index (χ4v) is 2.75. The SMILES string of the molecule is CC(C)c1ccc2c(oc(=O)n2C2CCC(=O)NC2=O)c1F. The van der Waals surface area contributed by atoms with E-state index in [1.165, 1.54) is 0 Å². The van der Waals surface area contributed by atoms with Crippen molar-refractivity contribution in [2.45, 2.75) is 38.6 Å². The minimum Gasteiger partial charge on any atom is -0.405 e. The van der Waals surface area contributed by atoms with Crippen LogP contribution < -0.4 is 11.1 Å². The first-order chi connectivity index (χ1) is 10.4. The lowest BCUT2D eigenvalue weighted by atomic mass is 10.0. The molecule has 1 N–H and O–H groups in total. The monoisotopic (exact) mass is 306 g/mol. The maximum Gasteiger partial charge on any atom is 0.420 e. The number of hydrogen-bond acceptors (Lipinski definition) is 4. The lowest BCUT2D eigenvalue weighted by Gasteiger charge is -2.21. The number of oxazole rings is 1. The van der Waals surface area contributed by atoms with E-state index in [0.717, 1.165) is 4.57 Å². The molecule has 0 spiro atoms. The molecule has 0 saturated carbocycles. The van der Waals surface area contributed by atoms with Crippen LogP contribution in [0.15, 0.2) is 21.3 Å². The van der Waals surface area contributed by atoms with Crippen LogP contribution in [0.5, 0.6) is 0 Å². The number of imide groups is 1. The van der Waals surface area contributed by atoms with Gasteiger partial charge in [-0.2, -0.15) is 0 Å². The van der Waals surface area contributed by atoms with Crippen molar-refractivity contribution in [1.82, 2.24) is 9.88 Å². The highest BCUT2D eigenvalue weighted by atomic mass is 19.1. The third kappa shape index (κ3) is 2.13. The molecule has 7 heteroatoms. The number of aromatic nitrogens is 1. The van der Waals surface area contributed by atoms with E-state index in [4.69, 9.17) is 4.42 Å². The van der Waals surface area contributed by atoms with Crippen LogP contribution in [0, 0.1) is 5.82 Å². The number of amides is 2. The van der Waals surface area contributed by atoms with Crippen LogP contribution in [0.4, 0.5) is 4.39 Å². The van der Waals surface area contributed by atoms with Gasteiger partial charge in [-0.05, 0) is 24.0 Å². The van der Waals surface area contributed by atoms with E-state index in [9.17, 15) is 18.8 Å². The van der Waals surface area contributed by atoms with Crippen LogP contribution >= 0.6 is 0 Å². The second-order valence-electron chi connectivity index (χ2n) is 5.68. The summed E-state index contributed by atoms with van der Waals surface area (Å²) in [7, 11) is 0. The molecule has 3 rings (SSSR count). The van der Waals surface area contributed by atoms with E-state index in [1.54, 1.807) is 12.1 Å². The highest BCUT2D eigenvalue weighted by Crippen LogP contribution is 2.28. The average molecular weight is 306 g/mol. The Hall–Kier alpha value is -2.44. The molecular weight excluding hydrogens is 291 g/mol. The molecule has 0 radical (unpaired) electrons. The second-order valence-corrected chi connectivity index (χ2v) is 5.68. The lowest BCUT2D eigenvalue weighted by Crippen LogP contribution is -2.43. The van der Waals surface area contributed by atoms with Crippen LogP contribution in [-0.2, 0) is 9.59 Å². The van der Waals surface area contributed by atoms with Gasteiger partial charge in [0.05, 0.1) is 5.52 Å². The Kier molecular flexibility index (Phi) is 3.35. The normalized spacial score (nSPS) is 19.0. The number of rotatable bonds is 2. The van der Waals surface area contributed by atoms with Crippen molar-refractivity contribution in [3.63, 3.8) is 0 Å². The number of hydrogen-bond donors (Lipinski definition) is 1. The molecule has 6 nitrogen and oxygen atoms in total. The number of benzene rings is 1. The minimum absolute atomic E-state index is 0.0614. The first-order valence-electron chi connectivity index (χ1n) is 7.07. The van der Waals surface area contributed by atoms with Gasteiger partial charge in [0.25, 0.3) is 0 Å². The van der Waals surface area contributed by atoms with Crippen molar-refractivity contribution in [1.29, 1.82) is 0 Å². The van der Waals surface area contributed by atoms with Gasteiger partial charge in [0, 0.05) is 6.42 Å². The fourth-order valence-electron chi connectivity index (χ4n) is 2.75. The molecule has 2 amide bonds. The molecule has 1 fully saturated rings. The van der Waals surface area contributed by atoms with Crippen LogP contribution in [0.3, 0.4) is 0 Å². The van der Waals surface area contributed by atoms with Crippen molar-refractivity contribution in [3.8, 4) is 0 Å². The first-order valence-corrected chi connectivity index (χ1v) is 7.07. The van der Waals surface area contributed by atoms with Crippen LogP contribution in [0.1, 0.15) is 44.2 Å². The van der Waals surface area contributed by atoms with Gasteiger partial charge in [-0.15, -0.1) is 0 Å². The lowest BCUT2D eigenvalue weighted by molar-refractivity contribution is -0.135. The fraction of sp³-hybridized carbons (Fsp3) is 0.400. The number of carbonyl (C=O) groups is 2. The van der Waals surface area contributed by atoms with E-state index in [2.05, 4.69) is 5.32 Å². The molecule has 22 heavy (non-hydrogen) atoms. The molecule has 1 unspecified atom stereocenters. The molecule has 1 atom stereocenters. The highest BCUT2D eigenvalue weighted by molar-refractivity contribution is 6.00. The summed E-state index contributed by atoms with van der Waals surface area (Å²) in [5, 5.41) is 2.18. The summed E-state index contributed by atoms with van der Waals surface area (Å²) >= 11 is 0. The number of nitrogens with one attached hydrogen (secondary N) is 1. The van der Waals surface area contributed by atoms with E-state index >= 15 is 0 Å². The van der Waals surface area contributed by atoms with Crippen molar-refractivity contribution in [3.05, 3.63) is 34.1 Å². The van der Waals surface area contributed by atoms with Crippen LogP contribution in [0.25, 0.3) is 11.1 Å². The number of fused-ring (bicyclic) bond motifs is 1. The Labute approximate surface area is 124 Å². The summed E-state index contributed by atoms with van der Waals surface area (Å²) in [6.07, 6.45) is 0.314. The maximum absolute atomic E-state index is 14.4. The van der Waals surface area contributed by atoms with E-state index in [1.807, 2.05) is 13.8 Å². The molecule has 0 aliphatic carbocycles. The summed E-state index contributed by atoms with van der Waals surface area (Å²) in [6.45, 7) is 3.67. The predicted molar refractivity (Wildman–Crippen MR) is 75.9 cm³/mol. The van der Waals surface area contributed by atoms with E-state index in [0.29, 0.717) is 5.56 Å². The second kappa shape index (κ2) is 5.08.